The lowest BCUT2D eigenvalue weighted by molar-refractivity contribution is -0.121. The average Bonchev–Trinajstić information content (AvgIpc) is 3.13. The van der Waals surface area contributed by atoms with Gasteiger partial charge in [0, 0.05) is 38.3 Å². The minimum absolute atomic E-state index is 0.0928. The third kappa shape index (κ3) is 4.64. The van der Waals surface area contributed by atoms with Crippen LogP contribution in [0.1, 0.15) is 25.3 Å². The number of carbonyl (C=O) groups is 1. The van der Waals surface area contributed by atoms with E-state index in [-0.39, 0.29) is 30.0 Å². The van der Waals surface area contributed by atoms with Crippen LogP contribution in [0.3, 0.4) is 0 Å². The minimum Gasteiger partial charge on any atom is -0.382 e. The molecule has 1 aromatic carbocycles. The Labute approximate surface area is 162 Å². The molecule has 148 valence electrons. The Balaban J connectivity index is 1.66. The molecule has 8 heteroatoms. The summed E-state index contributed by atoms with van der Waals surface area (Å²) in [6, 6.07) is 7.75. The lowest BCUT2D eigenvalue weighted by Crippen LogP contribution is -2.28. The van der Waals surface area contributed by atoms with Crippen LogP contribution in [-0.2, 0) is 16.1 Å². The van der Waals surface area contributed by atoms with E-state index in [0.717, 1.165) is 17.5 Å². The number of nitrogens with zero attached hydrogens (tertiary/aromatic N) is 3. The molecule has 0 aliphatic heterocycles. The van der Waals surface area contributed by atoms with Crippen molar-refractivity contribution in [3.05, 3.63) is 46.5 Å². The van der Waals surface area contributed by atoms with Crippen molar-refractivity contribution < 1.29 is 14.1 Å². The second-order valence-electron chi connectivity index (χ2n) is 6.47. The number of benzene rings is 1. The Hall–Kier alpha value is -3.00. The molecule has 8 nitrogen and oxygen atoms in total. The lowest BCUT2D eigenvalue weighted by atomic mass is 10.1. The van der Waals surface area contributed by atoms with Gasteiger partial charge in [0.15, 0.2) is 0 Å². The van der Waals surface area contributed by atoms with Gasteiger partial charge in [-0.05, 0) is 20.3 Å². The Morgan fingerprint density at radius 3 is 2.82 bits per heavy atom. The molecule has 3 aromatic rings. The van der Waals surface area contributed by atoms with Crippen LogP contribution < -0.4 is 10.9 Å². The fourth-order valence-corrected chi connectivity index (χ4v) is 2.77. The third-order valence-electron chi connectivity index (χ3n) is 4.35. The van der Waals surface area contributed by atoms with Crippen molar-refractivity contribution in [2.75, 3.05) is 19.8 Å². The standard InChI is InChI=1S/C20H24N4O4/c1-3-27-12-4-10-21-16(25)9-11-24-13-22-18-17(23-28-19(18)20(24)26)15-7-5-14(2)6-8-15/h5-8,13H,3-4,9-12H2,1-2H3,(H,21,25). The summed E-state index contributed by atoms with van der Waals surface area (Å²) in [5.74, 6) is -0.124. The molecule has 0 saturated heterocycles. The molecule has 3 rings (SSSR count). The number of amides is 1. The number of hydrogen-bond donors (Lipinski definition) is 1. The van der Waals surface area contributed by atoms with E-state index in [1.807, 2.05) is 38.1 Å². The van der Waals surface area contributed by atoms with Crippen LogP contribution in [0, 0.1) is 6.92 Å². The summed E-state index contributed by atoms with van der Waals surface area (Å²) in [4.78, 5) is 28.9. The Kier molecular flexibility index (Phi) is 6.54. The molecular formula is C20H24N4O4. The molecule has 1 amide bonds. The predicted octanol–water partition coefficient (Wildman–Crippen LogP) is 2.29. The van der Waals surface area contributed by atoms with Crippen molar-refractivity contribution in [1.82, 2.24) is 20.0 Å². The first-order valence-corrected chi connectivity index (χ1v) is 9.36. The predicted molar refractivity (Wildman–Crippen MR) is 105 cm³/mol. The number of hydrogen-bond acceptors (Lipinski definition) is 6. The highest BCUT2D eigenvalue weighted by atomic mass is 16.5. The minimum atomic E-state index is -0.347. The summed E-state index contributed by atoms with van der Waals surface area (Å²) in [6.45, 7) is 5.98. The highest BCUT2D eigenvalue weighted by Gasteiger charge is 2.16. The summed E-state index contributed by atoms with van der Waals surface area (Å²) < 4.78 is 11.8. The van der Waals surface area contributed by atoms with Crippen molar-refractivity contribution in [2.45, 2.75) is 33.2 Å². The van der Waals surface area contributed by atoms with E-state index in [9.17, 15) is 9.59 Å². The quantitative estimate of drug-likeness (QED) is 0.568. The monoisotopic (exact) mass is 384 g/mol. The van der Waals surface area contributed by atoms with Crippen LogP contribution >= 0.6 is 0 Å². The molecule has 0 saturated carbocycles. The van der Waals surface area contributed by atoms with E-state index in [2.05, 4.69) is 15.5 Å². The van der Waals surface area contributed by atoms with Crippen molar-refractivity contribution in [2.24, 2.45) is 0 Å². The second-order valence-corrected chi connectivity index (χ2v) is 6.47. The van der Waals surface area contributed by atoms with Gasteiger partial charge in [0.2, 0.25) is 5.91 Å². The Bertz CT molecular complexity index is 992. The molecule has 0 spiro atoms. The maximum Gasteiger partial charge on any atom is 0.299 e. The normalized spacial score (nSPS) is 11.1. The van der Waals surface area contributed by atoms with E-state index in [0.29, 0.717) is 31.0 Å². The molecule has 0 atom stereocenters. The largest absolute Gasteiger partial charge is 0.382 e. The van der Waals surface area contributed by atoms with Gasteiger partial charge >= 0.3 is 0 Å². The number of carbonyl (C=O) groups excluding carboxylic acids is 1. The lowest BCUT2D eigenvalue weighted by Gasteiger charge is -2.07. The van der Waals surface area contributed by atoms with Crippen LogP contribution in [0.15, 0.2) is 39.9 Å². The highest BCUT2D eigenvalue weighted by molar-refractivity contribution is 5.87. The maximum atomic E-state index is 12.6. The average molecular weight is 384 g/mol. The molecule has 0 aliphatic rings. The van der Waals surface area contributed by atoms with Crippen LogP contribution in [0.4, 0.5) is 0 Å². The molecule has 0 bridgehead atoms. The zero-order valence-corrected chi connectivity index (χ0v) is 16.1. The summed E-state index contributed by atoms with van der Waals surface area (Å²) in [7, 11) is 0. The Morgan fingerprint density at radius 2 is 2.07 bits per heavy atom. The molecular weight excluding hydrogens is 360 g/mol. The molecule has 28 heavy (non-hydrogen) atoms. The first kappa shape index (κ1) is 19.8. The van der Waals surface area contributed by atoms with Crippen molar-refractivity contribution in [1.29, 1.82) is 0 Å². The molecule has 0 radical (unpaired) electrons. The van der Waals surface area contributed by atoms with Gasteiger partial charge in [0.05, 0.1) is 6.33 Å². The van der Waals surface area contributed by atoms with Gasteiger partial charge in [0.1, 0.15) is 11.2 Å². The van der Waals surface area contributed by atoms with Crippen LogP contribution in [0.25, 0.3) is 22.4 Å². The van der Waals surface area contributed by atoms with E-state index in [1.54, 1.807) is 0 Å². The van der Waals surface area contributed by atoms with Gasteiger partial charge in [-0.15, -0.1) is 0 Å². The molecule has 2 aromatic heterocycles. The number of rotatable bonds is 9. The van der Waals surface area contributed by atoms with Gasteiger partial charge in [-0.25, -0.2) is 4.98 Å². The van der Waals surface area contributed by atoms with Crippen LogP contribution in [-0.4, -0.2) is 40.4 Å². The first-order chi connectivity index (χ1) is 13.6. The van der Waals surface area contributed by atoms with E-state index < -0.39 is 0 Å². The summed E-state index contributed by atoms with van der Waals surface area (Å²) in [5.41, 5.74) is 2.66. The van der Waals surface area contributed by atoms with Crippen LogP contribution in [0.5, 0.6) is 0 Å². The van der Waals surface area contributed by atoms with Gasteiger partial charge in [-0.2, -0.15) is 0 Å². The van der Waals surface area contributed by atoms with Crippen molar-refractivity contribution >= 4 is 17.0 Å². The van der Waals surface area contributed by atoms with Gasteiger partial charge in [-0.3, -0.25) is 14.2 Å². The summed E-state index contributed by atoms with van der Waals surface area (Å²) >= 11 is 0. The Morgan fingerprint density at radius 1 is 1.29 bits per heavy atom. The third-order valence-corrected chi connectivity index (χ3v) is 4.35. The number of aryl methyl sites for hydroxylation is 2. The first-order valence-electron chi connectivity index (χ1n) is 9.36. The van der Waals surface area contributed by atoms with Crippen molar-refractivity contribution in [3.63, 3.8) is 0 Å². The molecule has 1 N–H and O–H groups in total. The number of ether oxygens (including phenoxy) is 1. The highest BCUT2D eigenvalue weighted by Crippen LogP contribution is 2.24. The summed E-state index contributed by atoms with van der Waals surface area (Å²) in [5, 5.41) is 6.82. The number of nitrogens with one attached hydrogen (secondary N) is 1. The van der Waals surface area contributed by atoms with E-state index in [4.69, 9.17) is 9.26 Å². The molecule has 0 unspecified atom stereocenters. The fraction of sp³-hybridized carbons (Fsp3) is 0.400. The molecule has 2 heterocycles. The molecule has 0 aliphatic carbocycles. The van der Waals surface area contributed by atoms with E-state index >= 15 is 0 Å². The summed E-state index contributed by atoms with van der Waals surface area (Å²) in [6.07, 6.45) is 2.37. The zero-order chi connectivity index (χ0) is 19.9. The van der Waals surface area contributed by atoms with Crippen LogP contribution in [0.2, 0.25) is 0 Å². The number of fused-ring (bicyclic) bond motifs is 1. The SMILES string of the molecule is CCOCCCNC(=O)CCn1cnc2c(-c3ccc(C)cc3)noc2c1=O. The number of aromatic nitrogens is 3. The van der Waals surface area contributed by atoms with Gasteiger partial charge in [-0.1, -0.05) is 35.0 Å². The zero-order valence-electron chi connectivity index (χ0n) is 16.1. The maximum absolute atomic E-state index is 12.6. The van der Waals surface area contributed by atoms with Gasteiger partial charge < -0.3 is 14.6 Å². The topological polar surface area (TPSA) is 99.2 Å². The van der Waals surface area contributed by atoms with E-state index in [1.165, 1.54) is 10.9 Å². The smallest absolute Gasteiger partial charge is 0.299 e. The van der Waals surface area contributed by atoms with Crippen molar-refractivity contribution in [3.8, 4) is 11.3 Å². The second kappa shape index (κ2) is 9.27. The van der Waals surface area contributed by atoms with Gasteiger partial charge in [0.25, 0.3) is 11.1 Å². The fourth-order valence-electron chi connectivity index (χ4n) is 2.77. The molecule has 0 fully saturated rings.